The van der Waals surface area contributed by atoms with Gasteiger partial charge < -0.3 is 0 Å². The Bertz CT molecular complexity index is 322. The van der Waals surface area contributed by atoms with Gasteiger partial charge >= 0.3 is 0 Å². The molecule has 0 saturated carbocycles. The molecule has 0 atom stereocenters. The van der Waals surface area contributed by atoms with Crippen LogP contribution in [0.5, 0.6) is 0 Å². The highest BCUT2D eigenvalue weighted by Crippen LogP contribution is 2.04. The maximum absolute atomic E-state index is 4.13. The predicted molar refractivity (Wildman–Crippen MR) is 67.7 cm³/mol. The lowest BCUT2D eigenvalue weighted by molar-refractivity contribution is 1.13. The van der Waals surface area contributed by atoms with Gasteiger partial charge in [-0.05, 0) is 39.2 Å². The van der Waals surface area contributed by atoms with Crippen LogP contribution < -0.4 is 0 Å². The van der Waals surface area contributed by atoms with Crippen LogP contribution in [0.2, 0.25) is 0 Å². The zero-order valence-electron chi connectivity index (χ0n) is 8.74. The second-order valence-electron chi connectivity index (χ2n) is 2.87. The molecule has 0 radical (unpaired) electrons. The zero-order chi connectivity index (χ0) is 10.6. The minimum absolute atomic E-state index is 0. The monoisotopic (exact) mass is 243 g/mol. The van der Waals surface area contributed by atoms with E-state index in [1.165, 1.54) is 11.5 Å². The van der Waals surface area contributed by atoms with Gasteiger partial charge in [-0.15, -0.1) is 11.3 Å². The smallest absolute Gasteiger partial charge is 0.139 e. The average Bonchev–Trinajstić information content (AvgIpc) is 2.63. The van der Waals surface area contributed by atoms with E-state index in [0.717, 1.165) is 21.5 Å². The van der Waals surface area contributed by atoms with Crippen LogP contribution in [0.1, 0.15) is 29.0 Å². The summed E-state index contributed by atoms with van der Waals surface area (Å²) in [7, 11) is 0. The lowest BCUT2D eigenvalue weighted by atomic mass is 10.6. The van der Waals surface area contributed by atoms with Crippen LogP contribution >= 0.6 is 22.9 Å². The normalized spacial score (nSPS) is 8.80. The van der Waals surface area contributed by atoms with Gasteiger partial charge in [0.2, 0.25) is 0 Å². The number of nitrogens with zero attached hydrogens (tertiary/aromatic N) is 3. The molecule has 0 amide bonds. The van der Waals surface area contributed by atoms with Crippen molar-refractivity contribution in [2.45, 2.75) is 35.1 Å². The van der Waals surface area contributed by atoms with Crippen molar-refractivity contribution in [1.82, 2.24) is 14.3 Å². The maximum Gasteiger partial charge on any atom is 0.139 e. The summed E-state index contributed by atoms with van der Waals surface area (Å²) >= 11 is 3.14. The summed E-state index contributed by atoms with van der Waals surface area (Å²) in [5.41, 5.74) is 1.13. The predicted octanol–water partition coefficient (Wildman–Crippen LogP) is 3.55. The number of aromatic nitrogens is 3. The molecular formula is C10H17N3S2. The Hall–Kier alpha value is -0.810. The zero-order valence-corrected chi connectivity index (χ0v) is 10.4. The molecule has 0 N–H and O–H groups in total. The summed E-state index contributed by atoms with van der Waals surface area (Å²) in [5.74, 6) is 0.877. The summed E-state index contributed by atoms with van der Waals surface area (Å²) in [6.45, 7) is 7.86. The molecule has 84 valence electrons. The second kappa shape index (κ2) is 6.63. The molecule has 0 unspecified atom stereocenters. The van der Waals surface area contributed by atoms with Crippen molar-refractivity contribution < 1.29 is 0 Å². The molecule has 2 rings (SSSR count). The van der Waals surface area contributed by atoms with E-state index < -0.39 is 0 Å². The van der Waals surface area contributed by atoms with Crippen LogP contribution in [-0.4, -0.2) is 14.3 Å². The summed E-state index contributed by atoms with van der Waals surface area (Å²) in [4.78, 5) is 8.15. The van der Waals surface area contributed by atoms with Crippen LogP contribution in [0.15, 0.2) is 5.38 Å². The van der Waals surface area contributed by atoms with Gasteiger partial charge in [-0.1, -0.05) is 7.43 Å². The quantitative estimate of drug-likeness (QED) is 0.710. The Morgan fingerprint density at radius 2 is 1.67 bits per heavy atom. The molecule has 0 aliphatic rings. The topological polar surface area (TPSA) is 38.7 Å². The van der Waals surface area contributed by atoms with Crippen molar-refractivity contribution in [2.24, 2.45) is 0 Å². The Kier molecular flexibility index (Phi) is 6.27. The lowest BCUT2D eigenvalue weighted by Gasteiger charge is -1.71. The van der Waals surface area contributed by atoms with Crippen LogP contribution in [-0.2, 0) is 0 Å². The number of rotatable bonds is 0. The Labute approximate surface area is 99.4 Å². The fraction of sp³-hybridized carbons (Fsp3) is 0.500. The fourth-order valence-corrected chi connectivity index (χ4v) is 1.94. The molecule has 0 saturated heterocycles. The van der Waals surface area contributed by atoms with Gasteiger partial charge in [0.1, 0.15) is 10.8 Å². The minimum Gasteiger partial charge on any atom is -0.247 e. The molecule has 0 aliphatic heterocycles. The third-order valence-electron chi connectivity index (χ3n) is 1.36. The van der Waals surface area contributed by atoms with E-state index in [2.05, 4.69) is 19.7 Å². The largest absolute Gasteiger partial charge is 0.247 e. The van der Waals surface area contributed by atoms with E-state index in [1.54, 1.807) is 11.3 Å². The highest BCUT2D eigenvalue weighted by atomic mass is 32.1. The fourth-order valence-electron chi connectivity index (χ4n) is 0.872. The maximum atomic E-state index is 4.13. The van der Waals surface area contributed by atoms with Crippen molar-refractivity contribution in [3.05, 3.63) is 26.9 Å². The molecule has 5 heteroatoms. The van der Waals surface area contributed by atoms with Gasteiger partial charge in [0.25, 0.3) is 0 Å². The van der Waals surface area contributed by atoms with E-state index in [-0.39, 0.29) is 7.43 Å². The first-order chi connectivity index (χ1) is 6.58. The van der Waals surface area contributed by atoms with Gasteiger partial charge in [-0.25, -0.2) is 9.97 Å². The van der Waals surface area contributed by atoms with Gasteiger partial charge in [0.15, 0.2) is 0 Å². The van der Waals surface area contributed by atoms with Crippen LogP contribution in [0, 0.1) is 27.7 Å². The molecule has 2 aromatic rings. The minimum atomic E-state index is 0. The van der Waals surface area contributed by atoms with Gasteiger partial charge in [0.05, 0.1) is 5.01 Å². The van der Waals surface area contributed by atoms with Crippen molar-refractivity contribution in [2.75, 3.05) is 0 Å². The molecule has 0 fully saturated rings. The van der Waals surface area contributed by atoms with Gasteiger partial charge in [-0.2, -0.15) is 4.37 Å². The van der Waals surface area contributed by atoms with E-state index in [0.29, 0.717) is 0 Å². The van der Waals surface area contributed by atoms with Crippen molar-refractivity contribution in [3.8, 4) is 0 Å². The SMILES string of the molecule is C.Cc1csc(C)n1.Cc1nsc(C)n1. The first-order valence-corrected chi connectivity index (χ1v) is 5.89. The number of aryl methyl sites for hydroxylation is 4. The average molecular weight is 243 g/mol. The van der Waals surface area contributed by atoms with Crippen molar-refractivity contribution in [3.63, 3.8) is 0 Å². The molecule has 3 nitrogen and oxygen atoms in total. The molecule has 0 spiro atoms. The first kappa shape index (κ1) is 14.2. The van der Waals surface area contributed by atoms with Crippen LogP contribution in [0.4, 0.5) is 0 Å². The molecule has 0 bridgehead atoms. The molecular weight excluding hydrogens is 226 g/mol. The molecule has 2 aromatic heterocycles. The van der Waals surface area contributed by atoms with E-state index in [9.17, 15) is 0 Å². The second-order valence-corrected chi connectivity index (χ2v) is 4.89. The Balaban J connectivity index is 0.000000245. The van der Waals surface area contributed by atoms with Crippen LogP contribution in [0.3, 0.4) is 0 Å². The van der Waals surface area contributed by atoms with E-state index >= 15 is 0 Å². The van der Waals surface area contributed by atoms with E-state index in [1.807, 2.05) is 27.7 Å². The molecule has 0 aliphatic carbocycles. The van der Waals surface area contributed by atoms with Gasteiger partial charge in [0, 0.05) is 11.1 Å². The highest BCUT2D eigenvalue weighted by molar-refractivity contribution is 7.09. The molecule has 2 heterocycles. The standard InChI is InChI=1S/C5H7NS.C4H6N2S.CH4/c1-4-3-7-5(2)6-4;1-3-5-4(2)7-6-3;/h3H,1-2H3;1-2H3;1H4. The lowest BCUT2D eigenvalue weighted by Crippen LogP contribution is -1.70. The first-order valence-electron chi connectivity index (χ1n) is 4.23. The highest BCUT2D eigenvalue weighted by Gasteiger charge is 1.88. The van der Waals surface area contributed by atoms with Crippen LogP contribution in [0.25, 0.3) is 0 Å². The van der Waals surface area contributed by atoms with Gasteiger partial charge in [-0.3, -0.25) is 0 Å². The third-order valence-corrected chi connectivity index (χ3v) is 2.97. The Morgan fingerprint density at radius 1 is 1.00 bits per heavy atom. The number of hydrogen-bond donors (Lipinski definition) is 0. The summed E-state index contributed by atoms with van der Waals surface area (Å²) in [6.07, 6.45) is 0. The number of hydrogen-bond acceptors (Lipinski definition) is 5. The van der Waals surface area contributed by atoms with Crippen molar-refractivity contribution >= 4 is 22.9 Å². The molecule has 15 heavy (non-hydrogen) atoms. The molecule has 0 aromatic carbocycles. The third kappa shape index (κ3) is 5.59. The summed E-state index contributed by atoms with van der Waals surface area (Å²) < 4.78 is 3.95. The number of thiazole rings is 1. The van der Waals surface area contributed by atoms with Crippen molar-refractivity contribution in [1.29, 1.82) is 0 Å². The van der Waals surface area contributed by atoms with E-state index in [4.69, 9.17) is 0 Å². The Morgan fingerprint density at radius 3 is 1.80 bits per heavy atom. The summed E-state index contributed by atoms with van der Waals surface area (Å²) in [6, 6.07) is 0. The summed E-state index contributed by atoms with van der Waals surface area (Å²) in [5, 5.41) is 4.24.